The van der Waals surface area contributed by atoms with Crippen LogP contribution in [0.2, 0.25) is 0 Å². The molecule has 0 saturated carbocycles. The van der Waals surface area contributed by atoms with Crippen LogP contribution in [0.4, 0.5) is 0 Å². The van der Waals surface area contributed by atoms with Gasteiger partial charge in [-0.2, -0.15) is 0 Å². The maximum Gasteiger partial charge on any atom is 0.381 e. The van der Waals surface area contributed by atoms with E-state index in [2.05, 4.69) is 13.2 Å². The number of hydrogen-bond donors (Lipinski definition) is 2. The minimum absolute atomic E-state index is 0.0150. The number of carbonyl (C=O) groups excluding carboxylic acids is 2. The summed E-state index contributed by atoms with van der Waals surface area (Å²) in [5.74, 6) is -5.88. The van der Waals surface area contributed by atoms with E-state index in [4.69, 9.17) is 18.9 Å². The number of epoxide rings is 1. The number of rotatable bonds is 10. The Kier molecular flexibility index (Phi) is 6.89. The van der Waals surface area contributed by atoms with E-state index < -0.39 is 30.4 Å². The largest absolute Gasteiger partial charge is 0.396 e. The molecule has 0 aromatic heterocycles. The second-order valence-electron chi connectivity index (χ2n) is 5.34. The fraction of sp³-hybridized carbons (Fsp3) is 0.600. The lowest BCUT2D eigenvalue weighted by Gasteiger charge is -2.32. The molecule has 8 heteroatoms. The van der Waals surface area contributed by atoms with Gasteiger partial charge in [0.1, 0.15) is 12.0 Å². The van der Waals surface area contributed by atoms with Gasteiger partial charge in [0.2, 0.25) is 0 Å². The van der Waals surface area contributed by atoms with E-state index in [1.165, 1.54) is 13.8 Å². The molecule has 0 radical (unpaired) electrons. The van der Waals surface area contributed by atoms with Crippen LogP contribution in [0.15, 0.2) is 24.3 Å². The van der Waals surface area contributed by atoms with Crippen LogP contribution in [0.1, 0.15) is 13.8 Å². The highest BCUT2D eigenvalue weighted by Gasteiger charge is 2.46. The van der Waals surface area contributed by atoms with E-state index in [1.54, 1.807) is 0 Å². The van der Waals surface area contributed by atoms with Gasteiger partial charge in [0.05, 0.1) is 26.4 Å². The topological polar surface area (TPSA) is 115 Å². The Hall–Kier alpha value is -1.74. The van der Waals surface area contributed by atoms with Crippen molar-refractivity contribution in [2.24, 2.45) is 5.92 Å². The van der Waals surface area contributed by atoms with Gasteiger partial charge in [-0.3, -0.25) is 0 Å². The summed E-state index contributed by atoms with van der Waals surface area (Å²) in [6.45, 7) is 9.41. The average Bonchev–Trinajstić information content (AvgIpc) is 3.27. The highest BCUT2D eigenvalue weighted by molar-refractivity contribution is 5.88. The molecular formula is C15H22O8. The molecule has 1 heterocycles. The highest BCUT2D eigenvalue weighted by Crippen LogP contribution is 2.25. The lowest BCUT2D eigenvalue weighted by atomic mass is 10.1. The quantitative estimate of drug-likeness (QED) is 0.247. The van der Waals surface area contributed by atoms with E-state index in [0.29, 0.717) is 6.61 Å². The van der Waals surface area contributed by atoms with Crippen molar-refractivity contribution in [1.29, 1.82) is 0 Å². The molecular weight excluding hydrogens is 308 g/mol. The number of esters is 2. The van der Waals surface area contributed by atoms with E-state index >= 15 is 0 Å². The molecule has 1 rings (SSSR count). The lowest BCUT2D eigenvalue weighted by molar-refractivity contribution is -0.354. The number of hydrogen-bond acceptors (Lipinski definition) is 8. The molecule has 0 aromatic rings. The molecule has 1 fully saturated rings. The summed E-state index contributed by atoms with van der Waals surface area (Å²) in [6, 6.07) is 0. The molecule has 2 unspecified atom stereocenters. The van der Waals surface area contributed by atoms with Crippen LogP contribution in [0.25, 0.3) is 0 Å². The summed E-state index contributed by atoms with van der Waals surface area (Å²) in [5.41, 5.74) is -0.0300. The third kappa shape index (κ3) is 6.11. The molecule has 130 valence electrons. The van der Waals surface area contributed by atoms with Gasteiger partial charge in [0.25, 0.3) is 0 Å². The molecule has 0 amide bonds. The zero-order valence-electron chi connectivity index (χ0n) is 13.2. The number of aliphatic hydroxyl groups is 2. The predicted molar refractivity (Wildman–Crippen MR) is 77.9 cm³/mol. The van der Waals surface area contributed by atoms with Gasteiger partial charge in [-0.1, -0.05) is 13.2 Å². The Labute approximate surface area is 134 Å². The number of ether oxygens (including phenoxy) is 4. The van der Waals surface area contributed by atoms with Gasteiger partial charge in [-0.05, 0) is 13.8 Å². The second-order valence-corrected chi connectivity index (χ2v) is 5.34. The molecule has 2 atom stereocenters. The van der Waals surface area contributed by atoms with Crippen LogP contribution in [-0.2, 0) is 28.5 Å². The smallest absolute Gasteiger partial charge is 0.381 e. The van der Waals surface area contributed by atoms with Crippen molar-refractivity contribution in [2.75, 3.05) is 26.4 Å². The predicted octanol–water partition coefficient (Wildman–Crippen LogP) is -0.105. The van der Waals surface area contributed by atoms with Crippen molar-refractivity contribution in [1.82, 2.24) is 0 Å². The first-order valence-corrected chi connectivity index (χ1v) is 7.00. The van der Waals surface area contributed by atoms with Crippen molar-refractivity contribution in [2.45, 2.75) is 25.9 Å². The van der Waals surface area contributed by atoms with Crippen LogP contribution in [0.5, 0.6) is 0 Å². The summed E-state index contributed by atoms with van der Waals surface area (Å²) in [4.78, 5) is 23.4. The lowest BCUT2D eigenvalue weighted by Crippen LogP contribution is -2.50. The molecule has 1 aliphatic rings. The average molecular weight is 330 g/mol. The first-order valence-electron chi connectivity index (χ1n) is 7.00. The van der Waals surface area contributed by atoms with Crippen molar-refractivity contribution in [3.05, 3.63) is 24.3 Å². The Morgan fingerprint density at radius 2 is 1.74 bits per heavy atom. The second kappa shape index (κ2) is 8.21. The fourth-order valence-electron chi connectivity index (χ4n) is 1.41. The van der Waals surface area contributed by atoms with Crippen molar-refractivity contribution < 1.29 is 38.7 Å². The zero-order chi connectivity index (χ0) is 17.6. The van der Waals surface area contributed by atoms with Crippen LogP contribution >= 0.6 is 0 Å². The van der Waals surface area contributed by atoms with Crippen LogP contribution in [-0.4, -0.2) is 60.7 Å². The molecule has 23 heavy (non-hydrogen) atoms. The minimum atomic E-state index is -2.70. The summed E-state index contributed by atoms with van der Waals surface area (Å²) in [7, 11) is 0. The van der Waals surface area contributed by atoms with Gasteiger partial charge in [-0.15, -0.1) is 0 Å². The van der Waals surface area contributed by atoms with Gasteiger partial charge in [0, 0.05) is 11.1 Å². The van der Waals surface area contributed by atoms with Crippen molar-refractivity contribution in [3.8, 4) is 0 Å². The molecule has 8 nitrogen and oxygen atoms in total. The summed E-state index contributed by atoms with van der Waals surface area (Å²) in [5, 5.41) is 19.9. The maximum atomic E-state index is 11.7. The Balaban J connectivity index is 2.82. The summed E-state index contributed by atoms with van der Waals surface area (Å²) in [6.07, 6.45) is -0.0293. The molecule has 0 spiro atoms. The molecule has 0 aromatic carbocycles. The van der Waals surface area contributed by atoms with E-state index in [0.717, 1.165) is 0 Å². The van der Waals surface area contributed by atoms with E-state index in [1.807, 2.05) is 0 Å². The van der Waals surface area contributed by atoms with Crippen LogP contribution < -0.4 is 0 Å². The standard InChI is InChI=1S/C15H22O8/c1-9(2)13(17)22-15(19,23-14(18)10(3)4)11(5-16)6-20-7-12-8-21-12/h11-12,16,19H,1,3,5-8H2,2,4H3. The Morgan fingerprint density at radius 3 is 2.09 bits per heavy atom. The van der Waals surface area contributed by atoms with Crippen molar-refractivity contribution >= 4 is 11.9 Å². The number of aliphatic hydroxyl groups excluding tert-OH is 1. The third-order valence-electron chi connectivity index (χ3n) is 2.94. The Morgan fingerprint density at radius 1 is 1.26 bits per heavy atom. The minimum Gasteiger partial charge on any atom is -0.396 e. The summed E-state index contributed by atoms with van der Waals surface area (Å²) >= 11 is 0. The van der Waals surface area contributed by atoms with Gasteiger partial charge < -0.3 is 29.2 Å². The number of carbonyl (C=O) groups is 2. The first-order chi connectivity index (χ1) is 10.7. The monoisotopic (exact) mass is 330 g/mol. The summed E-state index contributed by atoms with van der Waals surface area (Å²) < 4.78 is 19.8. The molecule has 2 N–H and O–H groups in total. The van der Waals surface area contributed by atoms with Gasteiger partial charge in [-0.25, -0.2) is 9.59 Å². The van der Waals surface area contributed by atoms with Gasteiger partial charge >= 0.3 is 17.9 Å². The van der Waals surface area contributed by atoms with E-state index in [-0.39, 0.29) is 30.5 Å². The SMILES string of the molecule is C=C(C)C(=O)OC(O)(OC(=O)C(=C)C)C(CO)COCC1CO1. The van der Waals surface area contributed by atoms with Gasteiger partial charge in [0.15, 0.2) is 0 Å². The maximum absolute atomic E-state index is 11.7. The molecule has 0 aliphatic carbocycles. The fourth-order valence-corrected chi connectivity index (χ4v) is 1.41. The van der Waals surface area contributed by atoms with E-state index in [9.17, 15) is 19.8 Å². The van der Waals surface area contributed by atoms with Crippen molar-refractivity contribution in [3.63, 3.8) is 0 Å². The molecule has 1 aliphatic heterocycles. The van der Waals surface area contributed by atoms with Crippen LogP contribution in [0, 0.1) is 5.92 Å². The first kappa shape index (κ1) is 19.3. The van der Waals surface area contributed by atoms with Crippen LogP contribution in [0.3, 0.4) is 0 Å². The third-order valence-corrected chi connectivity index (χ3v) is 2.94. The zero-order valence-corrected chi connectivity index (χ0v) is 13.2. The molecule has 1 saturated heterocycles. The highest BCUT2D eigenvalue weighted by atomic mass is 16.8. The molecule has 0 bridgehead atoms. The normalized spacial score (nSPS) is 18.0. The Bertz CT molecular complexity index is 452.